The third-order valence-corrected chi connectivity index (χ3v) is 5.60. The first-order chi connectivity index (χ1) is 13.3. The molecule has 0 fully saturated rings. The summed E-state index contributed by atoms with van der Waals surface area (Å²) in [5.41, 5.74) is 6.71. The maximum atomic E-state index is 13.1. The Kier molecular flexibility index (Phi) is 3.89. The van der Waals surface area contributed by atoms with Crippen LogP contribution in [0, 0.1) is 0 Å². The van der Waals surface area contributed by atoms with Crippen molar-refractivity contribution >= 4 is 17.3 Å². The molecule has 2 aromatic carbocycles. The molecule has 3 heterocycles. The molecule has 4 nitrogen and oxygen atoms in total. The Hall–Kier alpha value is -3.14. The molecule has 0 saturated heterocycles. The van der Waals surface area contributed by atoms with Crippen LogP contribution in [0.1, 0.15) is 27.0 Å². The summed E-state index contributed by atoms with van der Waals surface area (Å²) < 4.78 is 0. The second-order valence-corrected chi connectivity index (χ2v) is 7.21. The predicted octanol–water partition coefficient (Wildman–Crippen LogP) is 3.85. The Balaban J connectivity index is 1.41. The van der Waals surface area contributed by atoms with E-state index in [-0.39, 0.29) is 5.91 Å². The van der Waals surface area contributed by atoms with E-state index >= 15 is 0 Å². The molecule has 0 spiro atoms. The van der Waals surface area contributed by atoms with E-state index in [0.717, 1.165) is 43.9 Å². The van der Waals surface area contributed by atoms with Crippen molar-refractivity contribution in [1.82, 2.24) is 4.98 Å². The molecule has 2 aliphatic rings. The maximum absolute atomic E-state index is 13.1. The summed E-state index contributed by atoms with van der Waals surface area (Å²) in [4.78, 5) is 21.7. The van der Waals surface area contributed by atoms with E-state index in [1.165, 1.54) is 16.7 Å². The minimum atomic E-state index is 0.0340. The zero-order chi connectivity index (χ0) is 18.2. The van der Waals surface area contributed by atoms with Crippen LogP contribution in [0.4, 0.5) is 11.4 Å². The smallest absolute Gasteiger partial charge is 0.259 e. The molecule has 134 valence electrons. The summed E-state index contributed by atoms with van der Waals surface area (Å²) in [6.07, 6.45) is 5.49. The van der Waals surface area contributed by atoms with Gasteiger partial charge in [0.15, 0.2) is 0 Å². The van der Waals surface area contributed by atoms with Gasteiger partial charge < -0.3 is 9.80 Å². The van der Waals surface area contributed by atoms with E-state index in [1.54, 1.807) is 6.20 Å². The molecule has 0 aliphatic carbocycles. The first kappa shape index (κ1) is 16.1. The zero-order valence-electron chi connectivity index (χ0n) is 15.1. The molecule has 5 rings (SSSR count). The minimum Gasteiger partial charge on any atom is -0.366 e. The summed E-state index contributed by atoms with van der Waals surface area (Å²) in [6.45, 7) is 2.55. The summed E-state index contributed by atoms with van der Waals surface area (Å²) in [7, 11) is 0. The van der Waals surface area contributed by atoms with Crippen molar-refractivity contribution in [2.24, 2.45) is 0 Å². The summed E-state index contributed by atoms with van der Waals surface area (Å²) in [5, 5.41) is 0. The Bertz CT molecular complexity index is 1010. The van der Waals surface area contributed by atoms with Crippen LogP contribution in [0.5, 0.6) is 0 Å². The van der Waals surface area contributed by atoms with E-state index < -0.39 is 0 Å². The SMILES string of the molecule is O=C(c1cncc(N2CCc3ccccc3C2)c1)N1CCc2ccccc21. The van der Waals surface area contributed by atoms with Crippen LogP contribution >= 0.6 is 0 Å². The highest BCUT2D eigenvalue weighted by molar-refractivity contribution is 6.07. The van der Waals surface area contributed by atoms with Gasteiger partial charge in [-0.3, -0.25) is 9.78 Å². The summed E-state index contributed by atoms with van der Waals surface area (Å²) in [5.74, 6) is 0.0340. The van der Waals surface area contributed by atoms with Crippen LogP contribution in [0.3, 0.4) is 0 Å². The van der Waals surface area contributed by atoms with Crippen LogP contribution in [0.15, 0.2) is 67.0 Å². The van der Waals surface area contributed by atoms with Crippen LogP contribution in [0.25, 0.3) is 0 Å². The fourth-order valence-corrected chi connectivity index (χ4v) is 4.14. The average molecular weight is 355 g/mol. The highest BCUT2D eigenvalue weighted by Gasteiger charge is 2.26. The molecule has 2 aliphatic heterocycles. The number of hydrogen-bond acceptors (Lipinski definition) is 3. The van der Waals surface area contributed by atoms with Gasteiger partial charge in [0, 0.05) is 31.5 Å². The van der Waals surface area contributed by atoms with Crippen molar-refractivity contribution in [2.75, 3.05) is 22.9 Å². The van der Waals surface area contributed by atoms with Crippen LogP contribution in [-0.4, -0.2) is 24.0 Å². The van der Waals surface area contributed by atoms with Crippen LogP contribution in [0.2, 0.25) is 0 Å². The molecule has 0 saturated carbocycles. The van der Waals surface area contributed by atoms with E-state index in [4.69, 9.17) is 0 Å². The third kappa shape index (κ3) is 2.87. The molecule has 3 aromatic rings. The zero-order valence-corrected chi connectivity index (χ0v) is 15.1. The summed E-state index contributed by atoms with van der Waals surface area (Å²) in [6, 6.07) is 18.7. The van der Waals surface area contributed by atoms with Gasteiger partial charge in [0.2, 0.25) is 0 Å². The van der Waals surface area contributed by atoms with Gasteiger partial charge in [0.25, 0.3) is 5.91 Å². The lowest BCUT2D eigenvalue weighted by molar-refractivity contribution is 0.0989. The lowest BCUT2D eigenvalue weighted by Gasteiger charge is -2.30. The highest BCUT2D eigenvalue weighted by Crippen LogP contribution is 2.30. The molecule has 0 radical (unpaired) electrons. The van der Waals surface area contributed by atoms with E-state index in [2.05, 4.69) is 40.2 Å². The van der Waals surface area contributed by atoms with Gasteiger partial charge in [-0.05, 0) is 41.7 Å². The molecule has 0 N–H and O–H groups in total. The average Bonchev–Trinajstić information content (AvgIpc) is 3.17. The molecule has 0 unspecified atom stereocenters. The van der Waals surface area contributed by atoms with Crippen molar-refractivity contribution in [3.8, 4) is 0 Å². The lowest BCUT2D eigenvalue weighted by Crippen LogP contribution is -2.31. The van der Waals surface area contributed by atoms with Gasteiger partial charge in [0.1, 0.15) is 0 Å². The standard InChI is InChI=1S/C23H21N3O/c27-23(26-12-10-18-6-3-4-8-22(18)26)20-13-21(15-24-14-20)25-11-9-17-5-1-2-7-19(17)16-25/h1-8,13-15H,9-12,16H2. The van der Waals surface area contributed by atoms with E-state index in [1.807, 2.05) is 35.4 Å². The van der Waals surface area contributed by atoms with Gasteiger partial charge in [-0.2, -0.15) is 0 Å². The molecule has 27 heavy (non-hydrogen) atoms. The Labute approximate surface area is 159 Å². The fourth-order valence-electron chi connectivity index (χ4n) is 4.14. The number of carbonyl (C=O) groups is 1. The van der Waals surface area contributed by atoms with Crippen molar-refractivity contribution in [2.45, 2.75) is 19.4 Å². The number of nitrogens with zero attached hydrogens (tertiary/aromatic N) is 3. The van der Waals surface area contributed by atoms with E-state index in [0.29, 0.717) is 5.56 Å². The van der Waals surface area contributed by atoms with Crippen LogP contribution < -0.4 is 9.80 Å². The van der Waals surface area contributed by atoms with Gasteiger partial charge in [-0.1, -0.05) is 42.5 Å². The first-order valence-electron chi connectivity index (χ1n) is 9.46. The molecule has 1 amide bonds. The van der Waals surface area contributed by atoms with Gasteiger partial charge in [-0.25, -0.2) is 0 Å². The fraction of sp³-hybridized carbons (Fsp3) is 0.217. The highest BCUT2D eigenvalue weighted by atomic mass is 16.2. The van der Waals surface area contributed by atoms with Crippen molar-refractivity contribution < 1.29 is 4.79 Å². The minimum absolute atomic E-state index is 0.0340. The number of rotatable bonds is 2. The number of aromatic nitrogens is 1. The third-order valence-electron chi connectivity index (χ3n) is 5.60. The molecule has 0 bridgehead atoms. The molecule has 0 atom stereocenters. The second-order valence-electron chi connectivity index (χ2n) is 7.21. The number of hydrogen-bond donors (Lipinski definition) is 0. The Morgan fingerprint density at radius 1 is 0.852 bits per heavy atom. The molecular formula is C23H21N3O. The largest absolute Gasteiger partial charge is 0.366 e. The first-order valence-corrected chi connectivity index (χ1v) is 9.46. The van der Waals surface area contributed by atoms with Crippen molar-refractivity contribution in [3.63, 3.8) is 0 Å². The molecular weight excluding hydrogens is 334 g/mol. The number of pyridine rings is 1. The summed E-state index contributed by atoms with van der Waals surface area (Å²) >= 11 is 0. The number of amides is 1. The molecule has 1 aromatic heterocycles. The van der Waals surface area contributed by atoms with Gasteiger partial charge >= 0.3 is 0 Å². The Morgan fingerprint density at radius 3 is 2.48 bits per heavy atom. The van der Waals surface area contributed by atoms with Gasteiger partial charge in [-0.15, -0.1) is 0 Å². The normalized spacial score (nSPS) is 15.4. The number of carbonyl (C=O) groups excluding carboxylic acids is 1. The number of anilines is 2. The number of para-hydroxylation sites is 1. The van der Waals surface area contributed by atoms with E-state index in [9.17, 15) is 4.79 Å². The van der Waals surface area contributed by atoms with Crippen molar-refractivity contribution in [1.29, 1.82) is 0 Å². The van der Waals surface area contributed by atoms with Crippen LogP contribution in [-0.2, 0) is 19.4 Å². The number of benzene rings is 2. The Morgan fingerprint density at radius 2 is 1.59 bits per heavy atom. The van der Waals surface area contributed by atoms with Gasteiger partial charge in [0.05, 0.1) is 17.4 Å². The topological polar surface area (TPSA) is 36.4 Å². The second kappa shape index (κ2) is 6.54. The monoisotopic (exact) mass is 355 g/mol. The quantitative estimate of drug-likeness (QED) is 0.701. The number of fused-ring (bicyclic) bond motifs is 2. The lowest BCUT2D eigenvalue weighted by atomic mass is 9.99. The predicted molar refractivity (Wildman–Crippen MR) is 107 cm³/mol. The molecule has 4 heteroatoms. The van der Waals surface area contributed by atoms with Crippen molar-refractivity contribution in [3.05, 3.63) is 89.2 Å². The maximum Gasteiger partial charge on any atom is 0.259 e.